The van der Waals surface area contributed by atoms with Crippen LogP contribution in [0.5, 0.6) is 0 Å². The van der Waals surface area contributed by atoms with Crippen LogP contribution in [0.2, 0.25) is 0 Å². The number of cyclic esters (lactones) is 2. The second kappa shape index (κ2) is 7.81. The molecular formula is C14H20O6. The number of hydrogen-bond acceptors (Lipinski definition) is 6. The minimum absolute atomic E-state index is 0.0660. The Hall–Kier alpha value is -1.66. The lowest BCUT2D eigenvalue weighted by Gasteiger charge is -2.19. The zero-order chi connectivity index (χ0) is 15.1. The summed E-state index contributed by atoms with van der Waals surface area (Å²) in [7, 11) is 0. The highest BCUT2D eigenvalue weighted by Crippen LogP contribution is 2.09. The molecule has 1 heterocycles. The molecule has 0 aliphatic carbocycles. The Balaban J connectivity index is 2.79. The minimum atomic E-state index is -1.22. The molecule has 20 heavy (non-hydrogen) atoms. The van der Waals surface area contributed by atoms with Crippen LogP contribution in [0.4, 0.5) is 0 Å². The average Bonchev–Trinajstić information content (AvgIpc) is 2.34. The van der Waals surface area contributed by atoms with Crippen LogP contribution in [0.3, 0.4) is 0 Å². The molecule has 2 N–H and O–H groups in total. The molecule has 0 radical (unpaired) electrons. The quantitative estimate of drug-likeness (QED) is 0.628. The SMILES string of the molecule is CC1C/C=C/C(=O)OC(C)CC(O)C(O)/C=C/C(=O)O1. The van der Waals surface area contributed by atoms with Crippen molar-refractivity contribution in [3.05, 3.63) is 24.3 Å². The zero-order valence-corrected chi connectivity index (χ0v) is 11.6. The van der Waals surface area contributed by atoms with E-state index in [1.807, 2.05) is 0 Å². The van der Waals surface area contributed by atoms with Gasteiger partial charge in [-0.15, -0.1) is 0 Å². The van der Waals surface area contributed by atoms with E-state index in [1.165, 1.54) is 6.08 Å². The highest BCUT2D eigenvalue weighted by molar-refractivity contribution is 5.82. The number of carbonyl (C=O) groups is 2. The molecule has 1 aliphatic heterocycles. The van der Waals surface area contributed by atoms with Gasteiger partial charge in [0, 0.05) is 25.0 Å². The van der Waals surface area contributed by atoms with Gasteiger partial charge in [-0.25, -0.2) is 9.59 Å². The molecule has 0 bridgehead atoms. The van der Waals surface area contributed by atoms with E-state index in [9.17, 15) is 19.8 Å². The first-order valence-corrected chi connectivity index (χ1v) is 6.50. The first-order valence-electron chi connectivity index (χ1n) is 6.50. The Bertz CT molecular complexity index is 400. The third-order valence-corrected chi connectivity index (χ3v) is 2.75. The Labute approximate surface area is 117 Å². The first-order chi connectivity index (χ1) is 9.38. The number of aliphatic hydroxyl groups is 2. The van der Waals surface area contributed by atoms with Gasteiger partial charge in [0.25, 0.3) is 0 Å². The third-order valence-electron chi connectivity index (χ3n) is 2.75. The fourth-order valence-corrected chi connectivity index (χ4v) is 1.71. The molecule has 0 aromatic heterocycles. The highest BCUT2D eigenvalue weighted by Gasteiger charge is 2.19. The van der Waals surface area contributed by atoms with Crippen LogP contribution in [-0.4, -0.2) is 46.6 Å². The summed E-state index contributed by atoms with van der Waals surface area (Å²) in [6.45, 7) is 3.30. The Morgan fingerprint density at radius 3 is 2.35 bits per heavy atom. The highest BCUT2D eigenvalue weighted by atomic mass is 16.5. The van der Waals surface area contributed by atoms with Crippen molar-refractivity contribution in [2.24, 2.45) is 0 Å². The van der Waals surface area contributed by atoms with Gasteiger partial charge in [-0.2, -0.15) is 0 Å². The number of carbonyl (C=O) groups excluding carboxylic acids is 2. The van der Waals surface area contributed by atoms with Crippen molar-refractivity contribution in [1.82, 2.24) is 0 Å². The number of ether oxygens (including phenoxy) is 2. The number of esters is 2. The van der Waals surface area contributed by atoms with Crippen LogP contribution < -0.4 is 0 Å². The number of rotatable bonds is 0. The topological polar surface area (TPSA) is 93.1 Å². The second-order valence-electron chi connectivity index (χ2n) is 4.79. The lowest BCUT2D eigenvalue weighted by atomic mass is 10.1. The Morgan fingerprint density at radius 1 is 1.05 bits per heavy atom. The summed E-state index contributed by atoms with van der Waals surface area (Å²) < 4.78 is 10.1. The van der Waals surface area contributed by atoms with Gasteiger partial charge in [-0.1, -0.05) is 6.08 Å². The summed E-state index contributed by atoms with van der Waals surface area (Å²) in [5, 5.41) is 19.4. The zero-order valence-electron chi connectivity index (χ0n) is 11.6. The molecule has 1 aliphatic rings. The summed E-state index contributed by atoms with van der Waals surface area (Å²) in [5.74, 6) is -1.14. The van der Waals surface area contributed by atoms with Crippen molar-refractivity contribution in [1.29, 1.82) is 0 Å². The summed E-state index contributed by atoms with van der Waals surface area (Å²) in [6.07, 6.45) is 2.20. The maximum absolute atomic E-state index is 11.4. The van der Waals surface area contributed by atoms with Gasteiger partial charge < -0.3 is 19.7 Å². The molecule has 4 atom stereocenters. The predicted octanol–water partition coefficient (Wildman–Crippen LogP) is 0.478. The van der Waals surface area contributed by atoms with Crippen molar-refractivity contribution in [3.8, 4) is 0 Å². The van der Waals surface area contributed by atoms with Gasteiger partial charge in [-0.3, -0.25) is 0 Å². The van der Waals surface area contributed by atoms with E-state index in [0.29, 0.717) is 6.42 Å². The van der Waals surface area contributed by atoms with E-state index < -0.39 is 36.4 Å². The van der Waals surface area contributed by atoms with Crippen molar-refractivity contribution in [3.63, 3.8) is 0 Å². The molecule has 0 aromatic carbocycles. The van der Waals surface area contributed by atoms with E-state index >= 15 is 0 Å². The molecule has 6 heteroatoms. The van der Waals surface area contributed by atoms with Crippen molar-refractivity contribution in [2.75, 3.05) is 0 Å². The van der Waals surface area contributed by atoms with E-state index in [2.05, 4.69) is 0 Å². The van der Waals surface area contributed by atoms with Gasteiger partial charge in [0.05, 0.1) is 12.2 Å². The lowest BCUT2D eigenvalue weighted by Crippen LogP contribution is -2.29. The normalized spacial score (nSPS) is 36.4. The maximum Gasteiger partial charge on any atom is 0.330 e. The number of aliphatic hydroxyl groups excluding tert-OH is 2. The van der Waals surface area contributed by atoms with E-state index in [-0.39, 0.29) is 6.42 Å². The summed E-state index contributed by atoms with van der Waals surface area (Å²) in [4.78, 5) is 22.9. The Morgan fingerprint density at radius 2 is 1.65 bits per heavy atom. The second-order valence-corrected chi connectivity index (χ2v) is 4.79. The Kier molecular flexibility index (Phi) is 6.41. The molecule has 0 fully saturated rings. The van der Waals surface area contributed by atoms with Crippen LogP contribution >= 0.6 is 0 Å². The fraction of sp³-hybridized carbons (Fsp3) is 0.571. The largest absolute Gasteiger partial charge is 0.459 e. The summed E-state index contributed by atoms with van der Waals surface area (Å²) >= 11 is 0. The van der Waals surface area contributed by atoms with Gasteiger partial charge in [-0.05, 0) is 19.9 Å². The van der Waals surface area contributed by atoms with Gasteiger partial charge >= 0.3 is 11.9 Å². The van der Waals surface area contributed by atoms with Crippen LogP contribution in [0.1, 0.15) is 26.7 Å². The van der Waals surface area contributed by atoms with Crippen molar-refractivity contribution in [2.45, 2.75) is 51.1 Å². The monoisotopic (exact) mass is 284 g/mol. The third kappa shape index (κ3) is 5.99. The van der Waals surface area contributed by atoms with Crippen molar-refractivity contribution >= 4 is 11.9 Å². The molecule has 0 spiro atoms. The molecule has 4 unspecified atom stereocenters. The van der Waals surface area contributed by atoms with Gasteiger partial charge in [0.2, 0.25) is 0 Å². The molecule has 1 rings (SSSR count). The predicted molar refractivity (Wildman–Crippen MR) is 70.6 cm³/mol. The minimum Gasteiger partial charge on any atom is -0.459 e. The number of hydrogen-bond donors (Lipinski definition) is 2. The van der Waals surface area contributed by atoms with E-state index in [4.69, 9.17) is 9.47 Å². The van der Waals surface area contributed by atoms with Crippen LogP contribution in [0.15, 0.2) is 24.3 Å². The lowest BCUT2D eigenvalue weighted by molar-refractivity contribution is -0.144. The smallest absolute Gasteiger partial charge is 0.330 e. The molecule has 6 nitrogen and oxygen atoms in total. The fourth-order valence-electron chi connectivity index (χ4n) is 1.71. The molecule has 0 saturated carbocycles. The van der Waals surface area contributed by atoms with E-state index in [1.54, 1.807) is 19.9 Å². The van der Waals surface area contributed by atoms with Crippen LogP contribution in [0, 0.1) is 0 Å². The maximum atomic E-state index is 11.4. The average molecular weight is 284 g/mol. The van der Waals surface area contributed by atoms with Crippen LogP contribution in [-0.2, 0) is 19.1 Å². The first kappa shape index (κ1) is 16.4. The molecular weight excluding hydrogens is 264 g/mol. The summed E-state index contributed by atoms with van der Waals surface area (Å²) in [5.41, 5.74) is 0. The molecule has 112 valence electrons. The standard InChI is InChI=1S/C14H20O6/c1-9-4-3-5-13(17)20-10(2)8-12(16)11(15)6-7-14(18)19-9/h3,5-7,9-12,15-16H,4,8H2,1-2H3/b5-3+,7-6+. The van der Waals surface area contributed by atoms with E-state index in [0.717, 1.165) is 12.2 Å². The van der Waals surface area contributed by atoms with Gasteiger partial charge in [0.1, 0.15) is 12.2 Å². The summed E-state index contributed by atoms with van der Waals surface area (Å²) in [6, 6.07) is 0. The van der Waals surface area contributed by atoms with Crippen molar-refractivity contribution < 1.29 is 29.3 Å². The molecule has 0 amide bonds. The molecule has 0 aromatic rings. The van der Waals surface area contributed by atoms with Crippen LogP contribution in [0.25, 0.3) is 0 Å². The van der Waals surface area contributed by atoms with Gasteiger partial charge in [0.15, 0.2) is 0 Å². The molecule has 0 saturated heterocycles.